The molecular weight excluding hydrogens is 322 g/mol. The third kappa shape index (κ3) is 3.09. The molecule has 17 heavy (non-hydrogen) atoms. The van der Waals surface area contributed by atoms with Crippen molar-refractivity contribution >= 4 is 50.5 Å². The second kappa shape index (κ2) is 5.21. The molecule has 1 heterocycles. The lowest BCUT2D eigenvalue weighted by Crippen LogP contribution is -2.11. The number of benzene rings is 1. The molecule has 0 atom stereocenters. The molecule has 2 nitrogen and oxygen atoms in total. The summed E-state index contributed by atoms with van der Waals surface area (Å²) in [6.07, 6.45) is 0. The number of hydrogen-bond acceptors (Lipinski definition) is 2. The van der Waals surface area contributed by atoms with Crippen molar-refractivity contribution in [2.24, 2.45) is 0 Å². The first-order chi connectivity index (χ1) is 8.06. The van der Waals surface area contributed by atoms with Crippen LogP contribution in [0.1, 0.15) is 15.9 Å². The van der Waals surface area contributed by atoms with Crippen molar-refractivity contribution in [3.8, 4) is 0 Å². The third-order valence-electron chi connectivity index (χ3n) is 2.20. The molecule has 88 valence electrons. The fraction of sp³-hybridized carbons (Fsp3) is 0.0833. The number of halogens is 2. The monoisotopic (exact) mass is 329 g/mol. The van der Waals surface area contributed by atoms with Crippen LogP contribution in [0, 0.1) is 6.92 Å². The SMILES string of the molecule is Cc1ccc(NC(=O)c2csc(Br)c2)c(Cl)c1. The number of rotatable bonds is 2. The number of carbonyl (C=O) groups is 1. The molecule has 1 aromatic heterocycles. The normalized spacial score (nSPS) is 10.3. The number of amides is 1. The average Bonchev–Trinajstić information content (AvgIpc) is 2.69. The molecule has 0 saturated carbocycles. The second-order valence-corrected chi connectivity index (χ2v) is 6.27. The quantitative estimate of drug-likeness (QED) is 0.847. The van der Waals surface area contributed by atoms with Crippen molar-refractivity contribution in [2.75, 3.05) is 5.32 Å². The lowest BCUT2D eigenvalue weighted by Gasteiger charge is -2.06. The van der Waals surface area contributed by atoms with Crippen molar-refractivity contribution in [3.63, 3.8) is 0 Å². The minimum atomic E-state index is -0.155. The topological polar surface area (TPSA) is 29.1 Å². The summed E-state index contributed by atoms with van der Waals surface area (Å²) < 4.78 is 0.928. The second-order valence-electron chi connectivity index (χ2n) is 3.58. The summed E-state index contributed by atoms with van der Waals surface area (Å²) in [6.45, 7) is 1.95. The Morgan fingerprint density at radius 2 is 2.18 bits per heavy atom. The van der Waals surface area contributed by atoms with Gasteiger partial charge in [0.15, 0.2) is 0 Å². The summed E-state index contributed by atoms with van der Waals surface area (Å²) in [5.41, 5.74) is 2.31. The van der Waals surface area contributed by atoms with E-state index in [1.807, 2.05) is 19.1 Å². The number of aryl methyl sites for hydroxylation is 1. The molecule has 1 N–H and O–H groups in total. The summed E-state index contributed by atoms with van der Waals surface area (Å²) in [4.78, 5) is 11.9. The molecular formula is C12H9BrClNOS. The summed E-state index contributed by atoms with van der Waals surface area (Å²) in [6, 6.07) is 7.31. The molecule has 5 heteroatoms. The van der Waals surface area contributed by atoms with Crippen LogP contribution in [-0.4, -0.2) is 5.91 Å². The number of hydrogen-bond donors (Lipinski definition) is 1. The first-order valence-corrected chi connectivity index (χ1v) is 6.93. The minimum Gasteiger partial charge on any atom is -0.321 e. The predicted octanol–water partition coefficient (Wildman–Crippen LogP) is 4.72. The van der Waals surface area contributed by atoms with E-state index in [2.05, 4.69) is 21.2 Å². The van der Waals surface area contributed by atoms with E-state index < -0.39 is 0 Å². The summed E-state index contributed by atoms with van der Waals surface area (Å²) >= 11 is 10.8. The Hall–Kier alpha value is -0.840. The molecule has 1 aromatic carbocycles. The average molecular weight is 331 g/mol. The summed E-state index contributed by atoms with van der Waals surface area (Å²) in [5, 5.41) is 5.12. The molecule has 0 aliphatic rings. The molecule has 2 rings (SSSR count). The van der Waals surface area contributed by atoms with Gasteiger partial charge < -0.3 is 5.32 Å². The molecule has 0 aliphatic heterocycles. The van der Waals surface area contributed by atoms with Crippen LogP contribution in [0.15, 0.2) is 33.4 Å². The smallest absolute Gasteiger partial charge is 0.256 e. The number of anilines is 1. The zero-order chi connectivity index (χ0) is 12.4. The molecule has 2 aromatic rings. The van der Waals surface area contributed by atoms with Gasteiger partial charge in [-0.15, -0.1) is 11.3 Å². The highest BCUT2D eigenvalue weighted by Crippen LogP contribution is 2.25. The van der Waals surface area contributed by atoms with E-state index in [0.717, 1.165) is 9.35 Å². The van der Waals surface area contributed by atoms with Crippen LogP contribution < -0.4 is 5.32 Å². The van der Waals surface area contributed by atoms with Gasteiger partial charge in [0.05, 0.1) is 20.1 Å². The molecule has 0 spiro atoms. The highest BCUT2D eigenvalue weighted by molar-refractivity contribution is 9.11. The standard InChI is InChI=1S/C12H9BrClNOS/c1-7-2-3-10(9(14)4-7)15-12(16)8-5-11(13)17-6-8/h2-6H,1H3,(H,15,16). The van der Waals surface area contributed by atoms with Crippen LogP contribution in [0.4, 0.5) is 5.69 Å². The van der Waals surface area contributed by atoms with E-state index in [1.165, 1.54) is 11.3 Å². The van der Waals surface area contributed by atoms with Crippen LogP contribution >= 0.6 is 38.9 Å². The largest absolute Gasteiger partial charge is 0.321 e. The third-order valence-corrected chi connectivity index (χ3v) is 4.02. The molecule has 0 unspecified atom stereocenters. The van der Waals surface area contributed by atoms with Crippen molar-refractivity contribution in [1.82, 2.24) is 0 Å². The number of thiophene rings is 1. The van der Waals surface area contributed by atoms with Gasteiger partial charge in [-0.05, 0) is 46.6 Å². The number of carbonyl (C=O) groups excluding carboxylic acids is 1. The fourth-order valence-corrected chi connectivity index (χ4v) is 2.76. The lowest BCUT2D eigenvalue weighted by atomic mass is 10.2. The molecule has 0 aliphatic carbocycles. The predicted molar refractivity (Wildman–Crippen MR) is 76.2 cm³/mol. The van der Waals surface area contributed by atoms with Crippen LogP contribution in [-0.2, 0) is 0 Å². The van der Waals surface area contributed by atoms with Gasteiger partial charge in [-0.2, -0.15) is 0 Å². The first-order valence-electron chi connectivity index (χ1n) is 4.88. The van der Waals surface area contributed by atoms with Crippen molar-refractivity contribution in [2.45, 2.75) is 6.92 Å². The maximum absolute atomic E-state index is 11.9. The number of nitrogens with one attached hydrogen (secondary N) is 1. The van der Waals surface area contributed by atoms with Crippen LogP contribution in [0.5, 0.6) is 0 Å². The Bertz CT molecular complexity index is 567. The zero-order valence-electron chi connectivity index (χ0n) is 8.96. The van der Waals surface area contributed by atoms with Crippen molar-refractivity contribution in [1.29, 1.82) is 0 Å². The van der Waals surface area contributed by atoms with Gasteiger partial charge in [-0.1, -0.05) is 17.7 Å². The van der Waals surface area contributed by atoms with E-state index in [9.17, 15) is 4.79 Å². The van der Waals surface area contributed by atoms with E-state index in [1.54, 1.807) is 17.5 Å². The summed E-state index contributed by atoms with van der Waals surface area (Å²) in [7, 11) is 0. The zero-order valence-corrected chi connectivity index (χ0v) is 12.1. The van der Waals surface area contributed by atoms with Gasteiger partial charge in [0, 0.05) is 5.38 Å². The van der Waals surface area contributed by atoms with E-state index >= 15 is 0 Å². The lowest BCUT2D eigenvalue weighted by molar-refractivity contribution is 0.102. The van der Waals surface area contributed by atoms with Gasteiger partial charge in [0.25, 0.3) is 5.91 Å². The van der Waals surface area contributed by atoms with Crippen molar-refractivity contribution in [3.05, 3.63) is 49.6 Å². The van der Waals surface area contributed by atoms with E-state index in [4.69, 9.17) is 11.6 Å². The highest BCUT2D eigenvalue weighted by Gasteiger charge is 2.10. The fourth-order valence-electron chi connectivity index (χ4n) is 1.35. The van der Waals surface area contributed by atoms with Gasteiger partial charge in [0.2, 0.25) is 0 Å². The van der Waals surface area contributed by atoms with Crippen LogP contribution in [0.2, 0.25) is 5.02 Å². The Labute approximate surface area is 117 Å². The Morgan fingerprint density at radius 1 is 1.41 bits per heavy atom. The van der Waals surface area contributed by atoms with Crippen LogP contribution in [0.3, 0.4) is 0 Å². The highest BCUT2D eigenvalue weighted by atomic mass is 79.9. The molecule has 0 saturated heterocycles. The Kier molecular flexibility index (Phi) is 3.86. The van der Waals surface area contributed by atoms with E-state index in [0.29, 0.717) is 16.3 Å². The molecule has 0 radical (unpaired) electrons. The van der Waals surface area contributed by atoms with Gasteiger partial charge in [-0.3, -0.25) is 4.79 Å². The molecule has 0 fully saturated rings. The minimum absolute atomic E-state index is 0.155. The van der Waals surface area contributed by atoms with Gasteiger partial charge >= 0.3 is 0 Å². The summed E-state index contributed by atoms with van der Waals surface area (Å²) in [5.74, 6) is -0.155. The Balaban J connectivity index is 2.18. The first kappa shape index (κ1) is 12.6. The van der Waals surface area contributed by atoms with E-state index in [-0.39, 0.29) is 5.91 Å². The van der Waals surface area contributed by atoms with Crippen molar-refractivity contribution < 1.29 is 4.79 Å². The van der Waals surface area contributed by atoms with Gasteiger partial charge in [-0.25, -0.2) is 0 Å². The van der Waals surface area contributed by atoms with Crippen LogP contribution in [0.25, 0.3) is 0 Å². The molecule has 0 bridgehead atoms. The maximum atomic E-state index is 11.9. The Morgan fingerprint density at radius 3 is 2.76 bits per heavy atom. The van der Waals surface area contributed by atoms with Gasteiger partial charge in [0.1, 0.15) is 0 Å². The maximum Gasteiger partial charge on any atom is 0.256 e. The molecule has 1 amide bonds.